The number of nitrogens with one attached hydrogen (secondary N) is 2. The van der Waals surface area contributed by atoms with Gasteiger partial charge < -0.3 is 15.0 Å². The smallest absolute Gasteiger partial charge is 0.416 e. The molecule has 2 aliphatic heterocycles. The molecule has 4 N–H and O–H groups in total. The molecule has 11 nitrogen and oxygen atoms in total. The highest BCUT2D eigenvalue weighted by molar-refractivity contribution is 9.10. The number of thioether (sulfide) groups is 1. The van der Waals surface area contributed by atoms with Crippen LogP contribution in [0.4, 0.5) is 24.5 Å². The summed E-state index contributed by atoms with van der Waals surface area (Å²) < 4.78 is 69.9. The number of hydrogen-bond donors (Lipinski definition) is 3. The summed E-state index contributed by atoms with van der Waals surface area (Å²) in [5.74, 6) is -4.05. The van der Waals surface area contributed by atoms with E-state index in [4.69, 9.17) is 9.88 Å². The fourth-order valence-electron chi connectivity index (χ4n) is 5.39. The van der Waals surface area contributed by atoms with Gasteiger partial charge in [-0.1, -0.05) is 45.1 Å². The fourth-order valence-corrected chi connectivity index (χ4v) is 8.79. The maximum atomic E-state index is 14.0. The van der Waals surface area contributed by atoms with Crippen molar-refractivity contribution < 1.29 is 40.7 Å². The fraction of sp³-hybridized carbons (Fsp3) is 0.172. The Bertz CT molecular complexity index is 2100. The van der Waals surface area contributed by atoms with Crippen LogP contribution in [-0.2, 0) is 30.6 Å². The minimum Gasteiger partial charge on any atom is -0.483 e. The predicted molar refractivity (Wildman–Crippen MR) is 170 cm³/mol. The van der Waals surface area contributed by atoms with Crippen LogP contribution in [0.15, 0.2) is 85.9 Å². The molecular formula is C29H20BrF3N4O7S3. The molecule has 0 radical (unpaired) electrons. The molecule has 3 aromatic carbocycles. The number of benzene rings is 3. The zero-order valence-electron chi connectivity index (χ0n) is 23.4. The maximum absolute atomic E-state index is 14.0. The van der Waals surface area contributed by atoms with Crippen LogP contribution in [0.2, 0.25) is 0 Å². The minimum atomic E-state index is -4.71. The Hall–Kier alpha value is -3.97. The van der Waals surface area contributed by atoms with Gasteiger partial charge in [0.25, 0.3) is 5.91 Å². The molecule has 2 aliphatic rings. The van der Waals surface area contributed by atoms with Crippen LogP contribution in [-0.4, -0.2) is 43.0 Å². The van der Waals surface area contributed by atoms with E-state index in [1.165, 1.54) is 36.4 Å². The maximum Gasteiger partial charge on any atom is 0.416 e. The number of primary sulfonamides is 1. The second-order valence-corrected chi connectivity index (χ2v) is 15.0. The normalized spacial score (nSPS) is 19.3. The highest BCUT2D eigenvalue weighted by Gasteiger charge is 2.57. The number of anilines is 2. The Morgan fingerprint density at radius 3 is 2.45 bits per heavy atom. The molecule has 3 unspecified atom stereocenters. The number of hydrogen-bond acceptors (Lipinski definition) is 9. The van der Waals surface area contributed by atoms with E-state index in [2.05, 4.69) is 26.2 Å². The lowest BCUT2D eigenvalue weighted by atomic mass is 9.82. The Labute approximate surface area is 280 Å². The highest BCUT2D eigenvalue weighted by atomic mass is 79.9. The van der Waals surface area contributed by atoms with Gasteiger partial charge in [-0.15, -0.1) is 0 Å². The first-order valence-electron chi connectivity index (χ1n) is 13.4. The number of rotatable bonds is 7. The van der Waals surface area contributed by atoms with Crippen LogP contribution in [0.3, 0.4) is 0 Å². The van der Waals surface area contributed by atoms with Crippen molar-refractivity contribution in [3.05, 3.63) is 96.9 Å². The zero-order chi connectivity index (χ0) is 33.8. The molecular weight excluding hydrogens is 749 g/mol. The summed E-state index contributed by atoms with van der Waals surface area (Å²) in [7, 11) is -3.93. The molecule has 244 valence electrons. The first kappa shape index (κ1) is 33.0. The van der Waals surface area contributed by atoms with Crippen molar-refractivity contribution in [2.75, 3.05) is 16.8 Å². The SMILES string of the molecule is NS(=O)(=O)c1ccc(NC(=O)COc2ccc(Br)cc2C2c3sc(=O)[nH]c3SC3C(=O)N(c4cccc(C(F)(F)F)c4)C(=O)C32)cc1. The quantitative estimate of drug-likeness (QED) is 0.228. The van der Waals surface area contributed by atoms with Gasteiger partial charge in [-0.05, 0) is 60.7 Å². The highest BCUT2D eigenvalue weighted by Crippen LogP contribution is 2.55. The molecule has 0 saturated carbocycles. The van der Waals surface area contributed by atoms with Gasteiger partial charge in [0.05, 0.1) is 27.1 Å². The molecule has 3 amide bonds. The first-order chi connectivity index (χ1) is 22.1. The number of halogens is 4. The first-order valence-corrected chi connectivity index (χ1v) is 17.4. The predicted octanol–water partition coefficient (Wildman–Crippen LogP) is 4.68. The topological polar surface area (TPSA) is 169 Å². The van der Waals surface area contributed by atoms with Crippen molar-refractivity contribution in [3.8, 4) is 5.75 Å². The summed E-state index contributed by atoms with van der Waals surface area (Å²) in [5.41, 5.74) is -0.650. The van der Waals surface area contributed by atoms with E-state index in [1.807, 2.05) is 0 Å². The average molecular weight is 770 g/mol. The number of carbonyl (C=O) groups excluding carboxylic acids is 3. The van der Waals surface area contributed by atoms with Gasteiger partial charge in [-0.25, -0.2) is 18.5 Å². The van der Waals surface area contributed by atoms with Gasteiger partial charge in [-0.2, -0.15) is 13.2 Å². The summed E-state index contributed by atoms with van der Waals surface area (Å²) in [6.45, 7) is -0.527. The van der Waals surface area contributed by atoms with E-state index >= 15 is 0 Å². The summed E-state index contributed by atoms with van der Waals surface area (Å²) in [4.78, 5) is 56.3. The van der Waals surface area contributed by atoms with Crippen LogP contribution in [0.25, 0.3) is 0 Å². The molecule has 47 heavy (non-hydrogen) atoms. The lowest BCUT2D eigenvalue weighted by Gasteiger charge is -2.31. The molecule has 18 heteroatoms. The number of carbonyl (C=O) groups is 3. The lowest BCUT2D eigenvalue weighted by Crippen LogP contribution is -2.32. The number of ether oxygens (including phenoxy) is 1. The third-order valence-electron chi connectivity index (χ3n) is 7.39. The van der Waals surface area contributed by atoms with Crippen molar-refractivity contribution >= 4 is 78.1 Å². The van der Waals surface area contributed by atoms with Crippen molar-refractivity contribution in [1.29, 1.82) is 0 Å². The molecule has 3 heterocycles. The number of sulfonamides is 1. The van der Waals surface area contributed by atoms with Gasteiger partial charge in [0.1, 0.15) is 11.0 Å². The standard InChI is InChI=1S/C29H20BrF3N4O7S3/c30-14-4-9-19(44-12-20(38)35-15-5-7-17(8-6-15)47(34,42)43)18(11-14)21-22-24(45-25-23(21)46-28(41)36-25)27(40)37(26(22)39)16-3-1-2-13(10-16)29(31,32)33/h1-11,21-22,24H,12H2,(H,35,38)(H,36,41)(H2,34,42,43). The van der Waals surface area contributed by atoms with Gasteiger partial charge in [0.2, 0.25) is 21.8 Å². The lowest BCUT2D eigenvalue weighted by molar-refractivity contribution is -0.137. The molecule has 1 aromatic heterocycles. The van der Waals surface area contributed by atoms with Crippen LogP contribution in [0.5, 0.6) is 5.75 Å². The number of aromatic nitrogens is 1. The summed E-state index contributed by atoms with van der Waals surface area (Å²) in [6.07, 6.45) is -4.71. The van der Waals surface area contributed by atoms with E-state index in [0.29, 0.717) is 19.9 Å². The van der Waals surface area contributed by atoms with E-state index in [9.17, 15) is 40.8 Å². The summed E-state index contributed by atoms with van der Waals surface area (Å²) in [5, 5.41) is 6.92. The number of thiazole rings is 1. The summed E-state index contributed by atoms with van der Waals surface area (Å²) >= 11 is 5.18. The van der Waals surface area contributed by atoms with Crippen LogP contribution < -0.4 is 25.0 Å². The number of H-pyrrole nitrogens is 1. The van der Waals surface area contributed by atoms with Crippen molar-refractivity contribution in [3.63, 3.8) is 0 Å². The van der Waals surface area contributed by atoms with Gasteiger partial charge in [0.15, 0.2) is 6.61 Å². The van der Waals surface area contributed by atoms with Crippen LogP contribution in [0, 0.1) is 5.92 Å². The van der Waals surface area contributed by atoms with E-state index in [0.717, 1.165) is 46.2 Å². The molecule has 3 atom stereocenters. The molecule has 1 fully saturated rings. The van der Waals surface area contributed by atoms with E-state index in [1.54, 1.807) is 12.1 Å². The molecule has 4 aromatic rings. The zero-order valence-corrected chi connectivity index (χ0v) is 27.4. The van der Waals surface area contributed by atoms with Crippen LogP contribution in [0.1, 0.15) is 21.9 Å². The second-order valence-electron chi connectivity index (χ2n) is 10.4. The van der Waals surface area contributed by atoms with E-state index in [-0.39, 0.29) is 22.0 Å². The third kappa shape index (κ3) is 6.47. The number of alkyl halides is 3. The Morgan fingerprint density at radius 2 is 1.77 bits per heavy atom. The molecule has 6 rings (SSSR count). The molecule has 1 saturated heterocycles. The van der Waals surface area contributed by atoms with Gasteiger partial charge in [-0.3, -0.25) is 19.2 Å². The van der Waals surface area contributed by atoms with Gasteiger partial charge >= 0.3 is 11.0 Å². The van der Waals surface area contributed by atoms with Gasteiger partial charge in [0, 0.05) is 26.5 Å². The Balaban J connectivity index is 1.33. The number of fused-ring (bicyclic) bond motifs is 2. The number of nitrogens with two attached hydrogens (primary N) is 1. The summed E-state index contributed by atoms with van der Waals surface area (Å²) in [6, 6.07) is 13.8. The van der Waals surface area contributed by atoms with Crippen molar-refractivity contribution in [2.45, 2.75) is 27.3 Å². The third-order valence-corrected chi connectivity index (χ3v) is 11.2. The number of aromatic amines is 1. The largest absolute Gasteiger partial charge is 0.483 e. The van der Waals surface area contributed by atoms with Crippen LogP contribution >= 0.6 is 39.0 Å². The molecule has 0 bridgehead atoms. The minimum absolute atomic E-state index is 0.145. The monoisotopic (exact) mass is 768 g/mol. The number of nitrogens with zero attached hydrogens (tertiary/aromatic N) is 1. The van der Waals surface area contributed by atoms with E-state index < -0.39 is 68.1 Å². The Kier molecular flexibility index (Phi) is 8.58. The second kappa shape index (κ2) is 12.2. The molecule has 0 spiro atoms. The number of imide groups is 1. The average Bonchev–Trinajstić information content (AvgIpc) is 3.49. The Morgan fingerprint density at radius 1 is 1.04 bits per heavy atom. The number of amides is 3. The van der Waals surface area contributed by atoms with Crippen molar-refractivity contribution in [1.82, 2.24) is 4.98 Å². The van der Waals surface area contributed by atoms with Crippen molar-refractivity contribution in [2.24, 2.45) is 11.1 Å². The molecule has 0 aliphatic carbocycles.